The highest BCUT2D eigenvalue weighted by molar-refractivity contribution is 5.45. The Bertz CT molecular complexity index is 538. The van der Waals surface area contributed by atoms with Gasteiger partial charge in [-0.2, -0.15) is 5.26 Å². The highest BCUT2D eigenvalue weighted by atomic mass is 14.9. The molecule has 84 valence electrons. The molecule has 0 aliphatic carbocycles. The summed E-state index contributed by atoms with van der Waals surface area (Å²) in [5, 5.41) is 12.2. The Labute approximate surface area is 101 Å². The Morgan fingerprint density at radius 1 is 1.24 bits per heavy atom. The summed E-state index contributed by atoms with van der Waals surface area (Å²) < 4.78 is 0. The van der Waals surface area contributed by atoms with Crippen LogP contribution < -0.4 is 5.32 Å². The van der Waals surface area contributed by atoms with E-state index < -0.39 is 0 Å². The van der Waals surface area contributed by atoms with Gasteiger partial charge in [0.05, 0.1) is 0 Å². The fraction of sp³-hybridized carbons (Fsp3) is 0.143. The van der Waals surface area contributed by atoms with Gasteiger partial charge in [-0.3, -0.25) is 0 Å². The molecule has 0 bridgehead atoms. The lowest BCUT2D eigenvalue weighted by atomic mass is 10.2. The second-order valence-corrected chi connectivity index (χ2v) is 3.84. The molecule has 2 aromatic rings. The Balaban J connectivity index is 2.08. The molecule has 0 saturated carbocycles. The van der Waals surface area contributed by atoms with Crippen LogP contribution >= 0.6 is 0 Å². The summed E-state index contributed by atoms with van der Waals surface area (Å²) in [6, 6.07) is 14.0. The van der Waals surface area contributed by atoms with E-state index in [0.717, 1.165) is 11.3 Å². The highest BCUT2D eigenvalue weighted by Crippen LogP contribution is 2.11. The Morgan fingerprint density at radius 2 is 2.00 bits per heavy atom. The largest absolute Gasteiger partial charge is 0.381 e. The van der Waals surface area contributed by atoms with Crippen molar-refractivity contribution in [1.82, 2.24) is 4.98 Å². The number of nitriles is 1. The zero-order valence-corrected chi connectivity index (χ0v) is 9.64. The van der Waals surface area contributed by atoms with Crippen molar-refractivity contribution in [2.75, 3.05) is 5.32 Å². The summed E-state index contributed by atoms with van der Waals surface area (Å²) in [6.07, 6.45) is 1.63. The van der Waals surface area contributed by atoms with E-state index in [4.69, 9.17) is 5.26 Å². The number of aromatic nitrogens is 1. The van der Waals surface area contributed by atoms with Crippen molar-refractivity contribution < 1.29 is 0 Å². The molecule has 0 amide bonds. The van der Waals surface area contributed by atoms with Gasteiger partial charge in [0.15, 0.2) is 0 Å². The molecule has 2 rings (SSSR count). The summed E-state index contributed by atoms with van der Waals surface area (Å²) in [7, 11) is 0. The van der Waals surface area contributed by atoms with E-state index in [0.29, 0.717) is 12.2 Å². The van der Waals surface area contributed by atoms with Crippen molar-refractivity contribution in [2.24, 2.45) is 0 Å². The standard InChI is InChI=1S/C14H13N3/c1-11-4-6-13(7-5-11)17-10-12-3-2-8-16-14(12)9-15/h2-8,17H,10H2,1H3. The number of pyridine rings is 1. The average molecular weight is 223 g/mol. The van der Waals surface area contributed by atoms with Gasteiger partial charge >= 0.3 is 0 Å². The van der Waals surface area contributed by atoms with Gasteiger partial charge in [-0.25, -0.2) is 4.98 Å². The molecule has 1 N–H and O–H groups in total. The maximum atomic E-state index is 8.91. The molecule has 0 spiro atoms. The number of rotatable bonds is 3. The minimum absolute atomic E-state index is 0.479. The minimum atomic E-state index is 0.479. The first kappa shape index (κ1) is 11.2. The Kier molecular flexibility index (Phi) is 3.37. The molecule has 3 nitrogen and oxygen atoms in total. The molecular formula is C14H13N3. The number of hydrogen-bond acceptors (Lipinski definition) is 3. The van der Waals surface area contributed by atoms with Gasteiger partial charge < -0.3 is 5.32 Å². The van der Waals surface area contributed by atoms with Gasteiger partial charge in [0, 0.05) is 24.0 Å². The number of nitrogens with one attached hydrogen (secondary N) is 1. The zero-order valence-electron chi connectivity index (χ0n) is 9.64. The number of hydrogen-bond donors (Lipinski definition) is 1. The maximum Gasteiger partial charge on any atom is 0.145 e. The molecule has 3 heteroatoms. The first-order valence-electron chi connectivity index (χ1n) is 5.44. The van der Waals surface area contributed by atoms with E-state index in [2.05, 4.69) is 35.4 Å². The quantitative estimate of drug-likeness (QED) is 0.870. The molecule has 1 aromatic heterocycles. The second kappa shape index (κ2) is 5.13. The molecule has 0 radical (unpaired) electrons. The lowest BCUT2D eigenvalue weighted by molar-refractivity contribution is 1.09. The highest BCUT2D eigenvalue weighted by Gasteiger charge is 2.01. The van der Waals surface area contributed by atoms with Crippen LogP contribution in [0.1, 0.15) is 16.8 Å². The van der Waals surface area contributed by atoms with Crippen LogP contribution in [0, 0.1) is 18.3 Å². The third-order valence-electron chi connectivity index (χ3n) is 2.53. The molecule has 1 aromatic carbocycles. The van der Waals surface area contributed by atoms with Crippen LogP contribution in [0.3, 0.4) is 0 Å². The van der Waals surface area contributed by atoms with Crippen molar-refractivity contribution >= 4 is 5.69 Å². The van der Waals surface area contributed by atoms with Crippen LogP contribution in [0.25, 0.3) is 0 Å². The lowest BCUT2D eigenvalue weighted by Gasteiger charge is -2.07. The van der Waals surface area contributed by atoms with E-state index in [1.807, 2.05) is 24.3 Å². The van der Waals surface area contributed by atoms with Crippen molar-refractivity contribution in [3.8, 4) is 6.07 Å². The van der Waals surface area contributed by atoms with Crippen molar-refractivity contribution in [1.29, 1.82) is 5.26 Å². The first-order valence-corrected chi connectivity index (χ1v) is 5.44. The predicted octanol–water partition coefficient (Wildman–Crippen LogP) is 2.87. The van der Waals surface area contributed by atoms with E-state index in [1.54, 1.807) is 6.20 Å². The average Bonchev–Trinajstić information content (AvgIpc) is 2.38. The van der Waals surface area contributed by atoms with Gasteiger partial charge in [-0.15, -0.1) is 0 Å². The van der Waals surface area contributed by atoms with Crippen LogP contribution in [-0.2, 0) is 6.54 Å². The van der Waals surface area contributed by atoms with Crippen molar-refractivity contribution in [2.45, 2.75) is 13.5 Å². The number of aryl methyl sites for hydroxylation is 1. The molecule has 0 saturated heterocycles. The third kappa shape index (κ3) is 2.82. The van der Waals surface area contributed by atoms with Crippen LogP contribution in [-0.4, -0.2) is 4.98 Å². The van der Waals surface area contributed by atoms with E-state index in [1.165, 1.54) is 5.56 Å². The van der Waals surface area contributed by atoms with Crippen LogP contribution in [0.15, 0.2) is 42.6 Å². The fourth-order valence-corrected chi connectivity index (χ4v) is 1.55. The van der Waals surface area contributed by atoms with Crippen molar-refractivity contribution in [3.05, 3.63) is 59.4 Å². The summed E-state index contributed by atoms with van der Waals surface area (Å²) in [4.78, 5) is 4.02. The number of benzene rings is 1. The molecule has 0 unspecified atom stereocenters. The van der Waals surface area contributed by atoms with Crippen molar-refractivity contribution in [3.63, 3.8) is 0 Å². The molecule has 0 atom stereocenters. The Hall–Kier alpha value is -2.34. The van der Waals surface area contributed by atoms with Gasteiger partial charge in [-0.1, -0.05) is 23.8 Å². The summed E-state index contributed by atoms with van der Waals surface area (Å²) in [6.45, 7) is 2.67. The van der Waals surface area contributed by atoms with Gasteiger partial charge in [0.1, 0.15) is 11.8 Å². The Morgan fingerprint density at radius 3 is 2.71 bits per heavy atom. The van der Waals surface area contributed by atoms with E-state index >= 15 is 0 Å². The van der Waals surface area contributed by atoms with Gasteiger partial charge in [0.2, 0.25) is 0 Å². The molecular weight excluding hydrogens is 210 g/mol. The predicted molar refractivity (Wildman–Crippen MR) is 67.5 cm³/mol. The number of anilines is 1. The van der Waals surface area contributed by atoms with Crippen LogP contribution in [0.4, 0.5) is 5.69 Å². The monoisotopic (exact) mass is 223 g/mol. The lowest BCUT2D eigenvalue weighted by Crippen LogP contribution is -2.02. The van der Waals surface area contributed by atoms with Crippen LogP contribution in [0.5, 0.6) is 0 Å². The minimum Gasteiger partial charge on any atom is -0.381 e. The third-order valence-corrected chi connectivity index (χ3v) is 2.53. The molecule has 1 heterocycles. The summed E-state index contributed by atoms with van der Waals surface area (Å²) >= 11 is 0. The zero-order chi connectivity index (χ0) is 12.1. The van der Waals surface area contributed by atoms with Crippen LogP contribution in [0.2, 0.25) is 0 Å². The van der Waals surface area contributed by atoms with Gasteiger partial charge in [-0.05, 0) is 25.1 Å². The van der Waals surface area contributed by atoms with Gasteiger partial charge in [0.25, 0.3) is 0 Å². The maximum absolute atomic E-state index is 8.91. The normalized spacial score (nSPS) is 9.65. The molecule has 0 aliphatic rings. The first-order chi connectivity index (χ1) is 8.29. The topological polar surface area (TPSA) is 48.7 Å². The van der Waals surface area contributed by atoms with E-state index in [-0.39, 0.29) is 0 Å². The molecule has 0 aliphatic heterocycles. The second-order valence-electron chi connectivity index (χ2n) is 3.84. The van der Waals surface area contributed by atoms with E-state index in [9.17, 15) is 0 Å². The molecule has 17 heavy (non-hydrogen) atoms. The fourth-order valence-electron chi connectivity index (χ4n) is 1.55. The summed E-state index contributed by atoms with van der Waals surface area (Å²) in [5.41, 5.74) is 3.67. The number of nitrogens with zero attached hydrogens (tertiary/aromatic N) is 2. The SMILES string of the molecule is Cc1ccc(NCc2cccnc2C#N)cc1. The molecule has 0 fully saturated rings. The summed E-state index contributed by atoms with van der Waals surface area (Å²) in [5.74, 6) is 0. The smallest absolute Gasteiger partial charge is 0.145 e.